The summed E-state index contributed by atoms with van der Waals surface area (Å²) < 4.78 is 6.08. The van der Waals surface area contributed by atoms with Crippen LogP contribution in [-0.2, 0) is 0 Å². The second-order valence-electron chi connectivity index (χ2n) is 3.94. The lowest BCUT2D eigenvalue weighted by molar-refractivity contribution is -0.402. The third kappa shape index (κ3) is 1.99. The number of nitrogens with one attached hydrogen (secondary N) is 1. The molecule has 3 rings (SSSR count). The highest BCUT2D eigenvalue weighted by Gasteiger charge is 2.10. The highest BCUT2D eigenvalue weighted by atomic mass is 16.6. The van der Waals surface area contributed by atoms with E-state index in [1.165, 1.54) is 18.3 Å². The second kappa shape index (κ2) is 4.50. The number of nitro groups is 1. The molecule has 0 aliphatic carbocycles. The van der Waals surface area contributed by atoms with E-state index in [0.717, 1.165) is 4.68 Å². The van der Waals surface area contributed by atoms with E-state index in [1.807, 2.05) is 0 Å². The van der Waals surface area contributed by atoms with Crippen molar-refractivity contribution in [2.24, 2.45) is 5.10 Å². The van der Waals surface area contributed by atoms with Gasteiger partial charge in [-0.1, -0.05) is 12.1 Å². The van der Waals surface area contributed by atoms with Crippen LogP contribution in [0.1, 0.15) is 5.76 Å². The molecule has 0 atom stereocenters. The third-order valence-corrected chi connectivity index (χ3v) is 2.66. The highest BCUT2D eigenvalue weighted by molar-refractivity contribution is 5.79. The minimum atomic E-state index is -0.644. The molecule has 0 fully saturated rings. The normalized spacial score (nSPS) is 11.4. The molecule has 0 radical (unpaired) electrons. The largest absolute Gasteiger partial charge is 0.433 e. The summed E-state index contributed by atoms with van der Waals surface area (Å²) in [5.41, 5.74) is 0.860. The number of hydrogen-bond donors (Lipinski definition) is 1. The molecule has 100 valence electrons. The summed E-state index contributed by atoms with van der Waals surface area (Å²) in [6.45, 7) is 0. The molecular weight excluding hydrogens is 264 g/mol. The fraction of sp³-hybridized carbons (Fsp3) is 0. The summed E-state index contributed by atoms with van der Waals surface area (Å²) in [4.78, 5) is 24.2. The van der Waals surface area contributed by atoms with Gasteiger partial charge in [0.1, 0.15) is 4.92 Å². The predicted molar refractivity (Wildman–Crippen MR) is 70.9 cm³/mol. The molecule has 3 aromatic rings. The van der Waals surface area contributed by atoms with Crippen molar-refractivity contribution >= 4 is 23.1 Å². The number of benzene rings is 1. The SMILES string of the molecule is O=c1[nH]c2ccccc2n1/N=C/c1ccc([N+](=O)[O-])o1. The highest BCUT2D eigenvalue weighted by Crippen LogP contribution is 2.14. The summed E-state index contributed by atoms with van der Waals surface area (Å²) in [7, 11) is 0. The molecule has 0 aliphatic heterocycles. The Kier molecular flexibility index (Phi) is 2.68. The lowest BCUT2D eigenvalue weighted by atomic mass is 10.3. The molecule has 1 N–H and O–H groups in total. The molecule has 2 heterocycles. The quantitative estimate of drug-likeness (QED) is 0.445. The molecule has 0 unspecified atom stereocenters. The fourth-order valence-corrected chi connectivity index (χ4v) is 1.78. The van der Waals surface area contributed by atoms with Gasteiger partial charge in [0.05, 0.1) is 23.3 Å². The van der Waals surface area contributed by atoms with Crippen LogP contribution in [0.15, 0.2) is 50.7 Å². The number of hydrogen-bond acceptors (Lipinski definition) is 5. The molecule has 0 bridgehead atoms. The van der Waals surface area contributed by atoms with Crippen LogP contribution in [0.3, 0.4) is 0 Å². The minimum absolute atomic E-state index is 0.189. The van der Waals surface area contributed by atoms with Gasteiger partial charge in [-0.25, -0.2) is 4.79 Å². The lowest BCUT2D eigenvalue weighted by Crippen LogP contribution is -2.12. The van der Waals surface area contributed by atoms with Gasteiger partial charge in [-0.2, -0.15) is 9.78 Å². The number of para-hydroxylation sites is 2. The van der Waals surface area contributed by atoms with Crippen molar-refractivity contribution < 1.29 is 9.34 Å². The average Bonchev–Trinajstić information content (AvgIpc) is 3.00. The van der Waals surface area contributed by atoms with Crippen molar-refractivity contribution in [2.45, 2.75) is 0 Å². The van der Waals surface area contributed by atoms with Gasteiger partial charge in [0.25, 0.3) is 0 Å². The summed E-state index contributed by atoms with van der Waals surface area (Å²) in [6, 6.07) is 9.68. The number of fused-ring (bicyclic) bond motifs is 1. The Hall–Kier alpha value is -3.16. The smallest absolute Gasteiger partial charge is 0.400 e. The van der Waals surface area contributed by atoms with Gasteiger partial charge in [0.2, 0.25) is 0 Å². The van der Waals surface area contributed by atoms with E-state index in [2.05, 4.69) is 10.1 Å². The van der Waals surface area contributed by atoms with Crippen molar-refractivity contribution in [1.29, 1.82) is 0 Å². The average molecular weight is 272 g/mol. The summed E-state index contributed by atoms with van der Waals surface area (Å²) in [5, 5.41) is 14.5. The summed E-state index contributed by atoms with van der Waals surface area (Å²) in [5.74, 6) is -0.188. The van der Waals surface area contributed by atoms with Crippen LogP contribution in [0.2, 0.25) is 0 Å². The third-order valence-electron chi connectivity index (χ3n) is 2.66. The lowest BCUT2D eigenvalue weighted by Gasteiger charge is -1.92. The Bertz CT molecular complexity index is 871. The molecule has 8 heteroatoms. The predicted octanol–water partition coefficient (Wildman–Crippen LogP) is 1.71. The number of imidazole rings is 1. The summed E-state index contributed by atoms with van der Waals surface area (Å²) >= 11 is 0. The van der Waals surface area contributed by atoms with E-state index in [4.69, 9.17) is 4.42 Å². The van der Waals surface area contributed by atoms with Crippen LogP contribution in [0.5, 0.6) is 0 Å². The van der Waals surface area contributed by atoms with Crippen molar-refractivity contribution in [1.82, 2.24) is 9.66 Å². The van der Waals surface area contributed by atoms with Crippen LogP contribution in [-0.4, -0.2) is 20.8 Å². The van der Waals surface area contributed by atoms with Gasteiger partial charge in [0, 0.05) is 0 Å². The van der Waals surface area contributed by atoms with Crippen molar-refractivity contribution in [3.8, 4) is 0 Å². The van der Waals surface area contributed by atoms with Gasteiger partial charge in [-0.3, -0.25) is 10.1 Å². The van der Waals surface area contributed by atoms with Gasteiger partial charge >= 0.3 is 11.6 Å². The van der Waals surface area contributed by atoms with Crippen LogP contribution < -0.4 is 5.69 Å². The zero-order chi connectivity index (χ0) is 14.1. The van der Waals surface area contributed by atoms with E-state index < -0.39 is 10.6 Å². The van der Waals surface area contributed by atoms with Gasteiger partial charge < -0.3 is 9.40 Å². The second-order valence-corrected chi connectivity index (χ2v) is 3.94. The zero-order valence-electron chi connectivity index (χ0n) is 10.0. The van der Waals surface area contributed by atoms with Crippen LogP contribution in [0, 0.1) is 10.1 Å². The number of aromatic nitrogens is 2. The topological polar surface area (TPSA) is 106 Å². The van der Waals surface area contributed by atoms with Crippen molar-refractivity contribution in [3.63, 3.8) is 0 Å². The van der Waals surface area contributed by atoms with E-state index in [0.29, 0.717) is 11.0 Å². The Morgan fingerprint density at radius 1 is 1.30 bits per heavy atom. The number of aromatic amines is 1. The number of H-pyrrole nitrogens is 1. The summed E-state index contributed by atoms with van der Waals surface area (Å²) in [6.07, 6.45) is 1.24. The zero-order valence-corrected chi connectivity index (χ0v) is 10.0. The minimum Gasteiger partial charge on any atom is -0.400 e. The van der Waals surface area contributed by atoms with E-state index >= 15 is 0 Å². The Morgan fingerprint density at radius 3 is 2.85 bits per heavy atom. The van der Waals surface area contributed by atoms with Gasteiger partial charge in [0.15, 0.2) is 5.76 Å². The van der Waals surface area contributed by atoms with Crippen LogP contribution in [0.4, 0.5) is 5.88 Å². The number of rotatable bonds is 3. The van der Waals surface area contributed by atoms with Crippen molar-refractivity contribution in [3.05, 3.63) is 62.8 Å². The fourth-order valence-electron chi connectivity index (χ4n) is 1.78. The van der Waals surface area contributed by atoms with Gasteiger partial charge in [-0.15, -0.1) is 0 Å². The van der Waals surface area contributed by atoms with E-state index in [-0.39, 0.29) is 11.6 Å². The molecule has 20 heavy (non-hydrogen) atoms. The molecule has 0 aliphatic rings. The first-order valence-electron chi connectivity index (χ1n) is 5.63. The Labute approximate surface area is 111 Å². The molecule has 1 aromatic carbocycles. The molecule has 0 saturated heterocycles. The standard InChI is InChI=1S/C12H8N4O4/c17-12-14-9-3-1-2-4-10(9)15(12)13-7-8-5-6-11(20-8)16(18)19/h1-7H,(H,14,17)/b13-7+. The molecule has 0 saturated carbocycles. The maximum absolute atomic E-state index is 11.7. The maximum Gasteiger partial charge on any atom is 0.433 e. The Morgan fingerprint density at radius 2 is 2.10 bits per heavy atom. The van der Waals surface area contributed by atoms with Crippen LogP contribution >= 0.6 is 0 Å². The first-order chi connectivity index (χ1) is 9.65. The van der Waals surface area contributed by atoms with E-state index in [1.54, 1.807) is 24.3 Å². The number of nitrogens with zero attached hydrogens (tertiary/aromatic N) is 3. The first-order valence-corrected chi connectivity index (χ1v) is 5.63. The van der Waals surface area contributed by atoms with Gasteiger partial charge in [-0.05, 0) is 18.2 Å². The molecule has 0 amide bonds. The Balaban J connectivity index is 2.00. The number of furan rings is 1. The van der Waals surface area contributed by atoms with Crippen molar-refractivity contribution in [2.75, 3.05) is 0 Å². The molecule has 8 nitrogen and oxygen atoms in total. The first kappa shape index (κ1) is 11.9. The van der Waals surface area contributed by atoms with E-state index in [9.17, 15) is 14.9 Å². The molecular formula is C12H8N4O4. The monoisotopic (exact) mass is 272 g/mol. The van der Waals surface area contributed by atoms with Crippen LogP contribution in [0.25, 0.3) is 11.0 Å². The molecule has 0 spiro atoms. The maximum atomic E-state index is 11.7. The molecule has 2 aromatic heterocycles.